The van der Waals surface area contributed by atoms with Gasteiger partial charge in [0.1, 0.15) is 4.70 Å². The topological polar surface area (TPSA) is 32.7 Å². The standard InChI is InChI=1S/C9H10N2S2.C9H8NS2/c10-9-11(5-6-12)7-3-1-2-4-8(7)13-9;1-2-4-8-7(3-1)10-5-6-11-9(10)12-8/h1-4,10,12H,5-6H2;1-4H,5-6H2/q;+1. The van der Waals surface area contributed by atoms with Gasteiger partial charge in [-0.25, -0.2) is 0 Å². The number of thiazole rings is 2. The molecule has 0 bridgehead atoms. The summed E-state index contributed by atoms with van der Waals surface area (Å²) in [5.74, 6) is 2.02. The van der Waals surface area contributed by atoms with Crippen molar-refractivity contribution >= 4 is 67.5 Å². The molecular formula is C18H18N3S4+. The lowest BCUT2D eigenvalue weighted by atomic mass is 10.3. The van der Waals surface area contributed by atoms with E-state index in [1.165, 1.54) is 42.9 Å². The number of aryl methyl sites for hydroxylation is 2. The van der Waals surface area contributed by atoms with Crippen molar-refractivity contribution in [3.8, 4) is 0 Å². The van der Waals surface area contributed by atoms with Crippen LogP contribution in [-0.2, 0) is 13.1 Å². The molecule has 2 aromatic carbocycles. The van der Waals surface area contributed by atoms with E-state index >= 15 is 0 Å². The molecule has 7 heteroatoms. The summed E-state index contributed by atoms with van der Waals surface area (Å²) in [6, 6.07) is 16.7. The maximum Gasteiger partial charge on any atom is 0.298 e. The highest BCUT2D eigenvalue weighted by Gasteiger charge is 2.25. The Morgan fingerprint density at radius 3 is 2.64 bits per heavy atom. The highest BCUT2D eigenvalue weighted by molar-refractivity contribution is 8.01. The van der Waals surface area contributed by atoms with Crippen molar-refractivity contribution in [2.24, 2.45) is 0 Å². The molecule has 0 saturated carbocycles. The Morgan fingerprint density at radius 2 is 1.80 bits per heavy atom. The number of benzene rings is 2. The van der Waals surface area contributed by atoms with Gasteiger partial charge in [0.05, 0.1) is 16.0 Å². The number of nitrogens with zero attached hydrogens (tertiary/aromatic N) is 2. The average Bonchev–Trinajstić information content (AvgIpc) is 3.29. The Hall–Kier alpha value is -1.28. The monoisotopic (exact) mass is 404 g/mol. The number of aromatic nitrogens is 2. The summed E-state index contributed by atoms with van der Waals surface area (Å²) in [6.45, 7) is 2.00. The lowest BCUT2D eigenvalue weighted by Gasteiger charge is -1.99. The van der Waals surface area contributed by atoms with Crippen molar-refractivity contribution in [3.63, 3.8) is 0 Å². The molecule has 2 aromatic heterocycles. The van der Waals surface area contributed by atoms with Crippen molar-refractivity contribution in [3.05, 3.63) is 53.3 Å². The summed E-state index contributed by atoms with van der Waals surface area (Å²) < 4.78 is 8.47. The van der Waals surface area contributed by atoms with Gasteiger partial charge in [-0.2, -0.15) is 17.2 Å². The van der Waals surface area contributed by atoms with E-state index in [0.29, 0.717) is 4.80 Å². The van der Waals surface area contributed by atoms with Gasteiger partial charge in [-0.3, -0.25) is 5.41 Å². The minimum absolute atomic E-state index is 0.607. The molecule has 0 aliphatic carbocycles. The molecule has 0 unspecified atom stereocenters. The van der Waals surface area contributed by atoms with Gasteiger partial charge in [-0.05, 0) is 30.0 Å². The SMILES string of the molecule is N=c1sc2ccccc2n1CCS.c1ccc2c(c1)sc1[n+]2CCS1. The summed E-state index contributed by atoms with van der Waals surface area (Å²) >= 11 is 9.58. The van der Waals surface area contributed by atoms with Crippen LogP contribution in [0.4, 0.5) is 0 Å². The van der Waals surface area contributed by atoms with Crippen molar-refractivity contribution in [2.45, 2.75) is 17.4 Å². The first-order chi connectivity index (χ1) is 12.3. The summed E-state index contributed by atoms with van der Waals surface area (Å²) in [6.07, 6.45) is 0. The highest BCUT2D eigenvalue weighted by Crippen LogP contribution is 2.31. The number of thioether (sulfide) groups is 1. The van der Waals surface area contributed by atoms with Crippen LogP contribution in [0.15, 0.2) is 52.9 Å². The maximum absolute atomic E-state index is 7.75. The molecule has 25 heavy (non-hydrogen) atoms. The van der Waals surface area contributed by atoms with Gasteiger partial charge in [0.25, 0.3) is 4.34 Å². The third-order valence-corrected chi connectivity index (χ3v) is 7.64. The second-order valence-corrected chi connectivity index (χ2v) is 9.44. The van der Waals surface area contributed by atoms with Crippen LogP contribution in [0.2, 0.25) is 0 Å². The molecular weight excluding hydrogens is 386 g/mol. The molecule has 0 fully saturated rings. The smallest absolute Gasteiger partial charge is 0.298 e. The van der Waals surface area contributed by atoms with E-state index in [0.717, 1.165) is 17.8 Å². The van der Waals surface area contributed by atoms with E-state index in [1.54, 1.807) is 0 Å². The van der Waals surface area contributed by atoms with Gasteiger partial charge >= 0.3 is 0 Å². The van der Waals surface area contributed by atoms with E-state index in [-0.39, 0.29) is 0 Å². The molecule has 3 nitrogen and oxygen atoms in total. The fraction of sp³-hybridized carbons (Fsp3) is 0.222. The third kappa shape index (κ3) is 3.38. The lowest BCUT2D eigenvalue weighted by molar-refractivity contribution is -0.692. The largest absolute Gasteiger partial charge is 0.316 e. The molecule has 4 aromatic rings. The first kappa shape index (κ1) is 17.1. The molecule has 128 valence electrons. The molecule has 1 N–H and O–H groups in total. The predicted molar refractivity (Wildman–Crippen MR) is 112 cm³/mol. The molecule has 0 spiro atoms. The molecule has 0 atom stereocenters. The van der Waals surface area contributed by atoms with Gasteiger partial charge in [-0.15, -0.1) is 0 Å². The zero-order chi connectivity index (χ0) is 17.2. The summed E-state index contributed by atoms with van der Waals surface area (Å²) in [7, 11) is 0. The molecule has 0 radical (unpaired) electrons. The number of para-hydroxylation sites is 2. The van der Waals surface area contributed by atoms with Crippen LogP contribution < -0.4 is 9.37 Å². The summed E-state index contributed by atoms with van der Waals surface area (Å²) in [5.41, 5.74) is 2.55. The fourth-order valence-corrected chi connectivity index (χ4v) is 6.52. The van der Waals surface area contributed by atoms with Gasteiger partial charge in [0.2, 0.25) is 5.52 Å². The zero-order valence-corrected chi connectivity index (χ0v) is 16.9. The van der Waals surface area contributed by atoms with Crippen LogP contribution in [-0.4, -0.2) is 16.1 Å². The molecule has 5 rings (SSSR count). The van der Waals surface area contributed by atoms with Crippen LogP contribution in [0.3, 0.4) is 0 Å². The van der Waals surface area contributed by atoms with Gasteiger partial charge in [-0.1, -0.05) is 46.9 Å². The Labute approximate surface area is 163 Å². The van der Waals surface area contributed by atoms with E-state index in [9.17, 15) is 0 Å². The van der Waals surface area contributed by atoms with Crippen LogP contribution in [0.25, 0.3) is 20.4 Å². The van der Waals surface area contributed by atoms with Crippen molar-refractivity contribution < 1.29 is 4.57 Å². The third-order valence-electron chi connectivity index (χ3n) is 4.05. The van der Waals surface area contributed by atoms with Crippen molar-refractivity contribution in [1.82, 2.24) is 4.57 Å². The van der Waals surface area contributed by atoms with E-state index < -0.39 is 0 Å². The average molecular weight is 405 g/mol. The molecule has 0 amide bonds. The van der Waals surface area contributed by atoms with E-state index in [4.69, 9.17) is 5.41 Å². The first-order valence-electron chi connectivity index (χ1n) is 8.06. The van der Waals surface area contributed by atoms with Crippen LogP contribution >= 0.6 is 47.1 Å². The molecule has 3 heterocycles. The Balaban J connectivity index is 0.000000126. The fourth-order valence-electron chi connectivity index (χ4n) is 2.91. The highest BCUT2D eigenvalue weighted by atomic mass is 32.2. The Bertz CT molecular complexity index is 1080. The molecule has 0 saturated heterocycles. The van der Waals surface area contributed by atoms with Crippen molar-refractivity contribution in [1.29, 1.82) is 5.41 Å². The second kappa shape index (κ2) is 7.53. The Kier molecular flexibility index (Phi) is 5.17. The quantitative estimate of drug-likeness (QED) is 0.377. The number of hydrogen-bond acceptors (Lipinski definition) is 5. The zero-order valence-electron chi connectivity index (χ0n) is 13.5. The number of fused-ring (bicyclic) bond motifs is 4. The van der Waals surface area contributed by atoms with Crippen LogP contribution in [0.5, 0.6) is 0 Å². The summed E-state index contributed by atoms with van der Waals surface area (Å²) in [4.78, 5) is 0.607. The normalized spacial score (nSPS) is 13.0. The Morgan fingerprint density at radius 1 is 1.04 bits per heavy atom. The number of thiol groups is 1. The number of nitrogens with one attached hydrogen (secondary N) is 1. The number of hydrogen-bond donors (Lipinski definition) is 2. The first-order valence-corrected chi connectivity index (χ1v) is 11.3. The van der Waals surface area contributed by atoms with Crippen molar-refractivity contribution in [2.75, 3.05) is 11.5 Å². The second-order valence-electron chi connectivity index (χ2n) is 5.59. The maximum atomic E-state index is 7.75. The van der Waals surface area contributed by atoms with E-state index in [2.05, 4.69) is 41.5 Å². The predicted octanol–water partition coefficient (Wildman–Crippen LogP) is 4.41. The summed E-state index contributed by atoms with van der Waals surface area (Å²) in [5, 5.41) is 7.75. The van der Waals surface area contributed by atoms with Crippen LogP contribution in [0.1, 0.15) is 0 Å². The minimum atomic E-state index is 0.607. The van der Waals surface area contributed by atoms with Gasteiger partial charge < -0.3 is 4.57 Å². The number of rotatable bonds is 2. The van der Waals surface area contributed by atoms with Gasteiger partial charge in [0, 0.05) is 18.4 Å². The molecule has 1 aliphatic heterocycles. The lowest BCUT2D eigenvalue weighted by Crippen LogP contribution is -2.30. The molecule has 1 aliphatic rings. The van der Waals surface area contributed by atoms with E-state index in [1.807, 2.05) is 51.9 Å². The van der Waals surface area contributed by atoms with Crippen LogP contribution in [0, 0.1) is 5.41 Å². The minimum Gasteiger partial charge on any atom is -0.316 e. The van der Waals surface area contributed by atoms with Gasteiger partial charge in [0.15, 0.2) is 11.3 Å².